The Morgan fingerprint density at radius 1 is 1.00 bits per heavy atom. The summed E-state index contributed by atoms with van der Waals surface area (Å²) >= 11 is 3.42. The third kappa shape index (κ3) is 2.84. The maximum absolute atomic E-state index is 4.33. The quantitative estimate of drug-likeness (QED) is 0.803. The summed E-state index contributed by atoms with van der Waals surface area (Å²) in [5.74, 6) is 0. The average Bonchev–Trinajstić information content (AvgIpc) is 2.97. The number of benzene rings is 1. The fraction of sp³-hybridized carbons (Fsp3) is 0.400. The molecule has 0 N–H and O–H groups in total. The van der Waals surface area contributed by atoms with Crippen LogP contribution in [0, 0.1) is 0 Å². The zero-order chi connectivity index (χ0) is 13.1. The van der Waals surface area contributed by atoms with E-state index < -0.39 is 0 Å². The van der Waals surface area contributed by atoms with E-state index in [0.29, 0.717) is 0 Å². The van der Waals surface area contributed by atoms with Gasteiger partial charge in [0.2, 0.25) is 0 Å². The van der Waals surface area contributed by atoms with Crippen LogP contribution in [0.2, 0.25) is 0 Å². The maximum Gasteiger partial charge on any atom is 0.0995 e. The molecule has 0 saturated carbocycles. The molecule has 0 unspecified atom stereocenters. The van der Waals surface area contributed by atoms with Crippen LogP contribution < -0.4 is 4.90 Å². The van der Waals surface area contributed by atoms with Gasteiger partial charge in [-0.1, -0.05) is 15.9 Å². The third-order valence-electron chi connectivity index (χ3n) is 3.64. The Kier molecular flexibility index (Phi) is 3.87. The molecule has 1 aliphatic rings. The standard InChI is InChI=1S/C15H18BrN3/c16-10-13-11-19(12-17-13)15-6-4-14(5-7-15)18-8-2-1-3-9-18/h4-7,11-12H,1-3,8-10H2. The van der Waals surface area contributed by atoms with E-state index in [2.05, 4.69) is 60.8 Å². The van der Waals surface area contributed by atoms with Crippen molar-refractivity contribution in [2.45, 2.75) is 24.6 Å². The van der Waals surface area contributed by atoms with Gasteiger partial charge in [0.05, 0.1) is 12.0 Å². The predicted molar refractivity (Wildman–Crippen MR) is 82.3 cm³/mol. The molecule has 2 aromatic rings. The highest BCUT2D eigenvalue weighted by molar-refractivity contribution is 9.08. The smallest absolute Gasteiger partial charge is 0.0995 e. The van der Waals surface area contributed by atoms with Gasteiger partial charge in [-0.15, -0.1) is 0 Å². The molecule has 0 spiro atoms. The number of piperidine rings is 1. The van der Waals surface area contributed by atoms with Gasteiger partial charge in [-0.3, -0.25) is 0 Å². The number of halogens is 1. The van der Waals surface area contributed by atoms with E-state index in [9.17, 15) is 0 Å². The molecule has 1 aromatic heterocycles. The number of nitrogens with zero attached hydrogens (tertiary/aromatic N) is 3. The van der Waals surface area contributed by atoms with Gasteiger partial charge in [0.1, 0.15) is 0 Å². The molecule has 1 aromatic carbocycles. The molecule has 3 rings (SSSR count). The van der Waals surface area contributed by atoms with Gasteiger partial charge in [-0.05, 0) is 43.5 Å². The molecule has 4 heteroatoms. The minimum atomic E-state index is 0.797. The number of rotatable bonds is 3. The molecule has 1 saturated heterocycles. The van der Waals surface area contributed by atoms with Crippen molar-refractivity contribution in [3.8, 4) is 5.69 Å². The zero-order valence-corrected chi connectivity index (χ0v) is 12.5. The molecular weight excluding hydrogens is 302 g/mol. The van der Waals surface area contributed by atoms with E-state index in [1.165, 1.54) is 43.7 Å². The highest BCUT2D eigenvalue weighted by Crippen LogP contribution is 2.21. The molecule has 0 aliphatic carbocycles. The summed E-state index contributed by atoms with van der Waals surface area (Å²) < 4.78 is 2.07. The average molecular weight is 320 g/mol. The summed E-state index contributed by atoms with van der Waals surface area (Å²) in [6, 6.07) is 8.77. The van der Waals surface area contributed by atoms with E-state index in [-0.39, 0.29) is 0 Å². The van der Waals surface area contributed by atoms with E-state index >= 15 is 0 Å². The van der Waals surface area contributed by atoms with Crippen LogP contribution in [0.15, 0.2) is 36.8 Å². The monoisotopic (exact) mass is 319 g/mol. The van der Waals surface area contributed by atoms with Crippen LogP contribution in [-0.4, -0.2) is 22.6 Å². The molecule has 100 valence electrons. The number of alkyl halides is 1. The van der Waals surface area contributed by atoms with Gasteiger partial charge < -0.3 is 9.47 Å². The zero-order valence-electron chi connectivity index (χ0n) is 10.9. The van der Waals surface area contributed by atoms with Crippen molar-refractivity contribution < 1.29 is 0 Å². The van der Waals surface area contributed by atoms with Gasteiger partial charge in [-0.2, -0.15) is 0 Å². The van der Waals surface area contributed by atoms with Gasteiger partial charge in [0.25, 0.3) is 0 Å². The van der Waals surface area contributed by atoms with Crippen molar-refractivity contribution in [2.75, 3.05) is 18.0 Å². The fourth-order valence-corrected chi connectivity index (χ4v) is 2.85. The topological polar surface area (TPSA) is 21.1 Å². The van der Waals surface area contributed by atoms with Crippen LogP contribution in [0.4, 0.5) is 5.69 Å². The maximum atomic E-state index is 4.33. The second-order valence-electron chi connectivity index (χ2n) is 4.97. The lowest BCUT2D eigenvalue weighted by molar-refractivity contribution is 0.578. The Bertz CT molecular complexity index is 527. The third-order valence-corrected chi connectivity index (χ3v) is 4.22. The number of imidazole rings is 1. The molecule has 1 aliphatic heterocycles. The lowest BCUT2D eigenvalue weighted by Gasteiger charge is -2.28. The van der Waals surface area contributed by atoms with Crippen molar-refractivity contribution in [1.29, 1.82) is 0 Å². The van der Waals surface area contributed by atoms with Crippen molar-refractivity contribution >= 4 is 21.6 Å². The number of hydrogen-bond donors (Lipinski definition) is 0. The first-order chi connectivity index (χ1) is 9.36. The molecule has 0 atom stereocenters. The first-order valence-electron chi connectivity index (χ1n) is 6.81. The van der Waals surface area contributed by atoms with Crippen molar-refractivity contribution in [3.05, 3.63) is 42.5 Å². The van der Waals surface area contributed by atoms with Crippen molar-refractivity contribution in [3.63, 3.8) is 0 Å². The van der Waals surface area contributed by atoms with Gasteiger partial charge >= 0.3 is 0 Å². The minimum absolute atomic E-state index is 0.797. The summed E-state index contributed by atoms with van der Waals surface area (Å²) in [6.45, 7) is 2.39. The molecule has 2 heterocycles. The molecule has 0 radical (unpaired) electrons. The van der Waals surface area contributed by atoms with Gasteiger partial charge in [-0.25, -0.2) is 4.98 Å². The first kappa shape index (κ1) is 12.7. The highest BCUT2D eigenvalue weighted by atomic mass is 79.9. The van der Waals surface area contributed by atoms with Gasteiger partial charge in [0, 0.05) is 36.0 Å². The van der Waals surface area contributed by atoms with Crippen LogP contribution in [0.25, 0.3) is 5.69 Å². The molecule has 3 nitrogen and oxygen atoms in total. The highest BCUT2D eigenvalue weighted by Gasteiger charge is 2.10. The van der Waals surface area contributed by atoms with E-state index in [0.717, 1.165) is 11.0 Å². The summed E-state index contributed by atoms with van der Waals surface area (Å²) in [5, 5.41) is 0.797. The van der Waals surface area contributed by atoms with Crippen LogP contribution in [0.1, 0.15) is 25.0 Å². The Labute approximate surface area is 122 Å². The first-order valence-corrected chi connectivity index (χ1v) is 7.93. The Balaban J connectivity index is 1.78. The predicted octanol–water partition coefficient (Wildman–Crippen LogP) is 3.76. The van der Waals surface area contributed by atoms with Crippen molar-refractivity contribution in [1.82, 2.24) is 9.55 Å². The Morgan fingerprint density at radius 3 is 2.32 bits per heavy atom. The molecule has 1 fully saturated rings. The van der Waals surface area contributed by atoms with E-state index in [1.54, 1.807) is 0 Å². The van der Waals surface area contributed by atoms with Crippen LogP contribution in [-0.2, 0) is 5.33 Å². The van der Waals surface area contributed by atoms with Gasteiger partial charge in [0.15, 0.2) is 0 Å². The largest absolute Gasteiger partial charge is 0.372 e. The Hall–Kier alpha value is -1.29. The fourth-order valence-electron chi connectivity index (χ4n) is 2.56. The van der Waals surface area contributed by atoms with Crippen LogP contribution >= 0.6 is 15.9 Å². The van der Waals surface area contributed by atoms with Crippen LogP contribution in [0.3, 0.4) is 0 Å². The Morgan fingerprint density at radius 2 is 1.68 bits per heavy atom. The summed E-state index contributed by atoms with van der Waals surface area (Å²) in [6.07, 6.45) is 7.94. The van der Waals surface area contributed by atoms with E-state index in [4.69, 9.17) is 0 Å². The number of aromatic nitrogens is 2. The van der Waals surface area contributed by atoms with E-state index in [1.807, 2.05) is 6.33 Å². The molecule has 0 bridgehead atoms. The second-order valence-corrected chi connectivity index (χ2v) is 5.53. The summed E-state index contributed by atoms with van der Waals surface area (Å²) in [5.41, 5.74) is 3.56. The molecule has 0 amide bonds. The SMILES string of the molecule is BrCc1cn(-c2ccc(N3CCCCC3)cc2)cn1. The van der Waals surface area contributed by atoms with Crippen molar-refractivity contribution in [2.24, 2.45) is 0 Å². The normalized spacial score (nSPS) is 15.7. The lowest BCUT2D eigenvalue weighted by Crippen LogP contribution is -2.29. The minimum Gasteiger partial charge on any atom is -0.372 e. The number of anilines is 1. The summed E-state index contributed by atoms with van der Waals surface area (Å²) in [4.78, 5) is 6.81. The molecule has 19 heavy (non-hydrogen) atoms. The molecular formula is C15H18BrN3. The number of hydrogen-bond acceptors (Lipinski definition) is 2. The summed E-state index contributed by atoms with van der Waals surface area (Å²) in [7, 11) is 0. The lowest BCUT2D eigenvalue weighted by atomic mass is 10.1. The second kappa shape index (κ2) is 5.78. The van der Waals surface area contributed by atoms with Crippen LogP contribution in [0.5, 0.6) is 0 Å².